The average molecular weight is 280 g/mol. The summed E-state index contributed by atoms with van der Waals surface area (Å²) in [5.41, 5.74) is 6.66. The molecule has 0 spiro atoms. The van der Waals surface area contributed by atoms with Crippen LogP contribution in [0, 0.1) is 5.92 Å². The van der Waals surface area contributed by atoms with Gasteiger partial charge in [0.05, 0.1) is 6.61 Å². The van der Waals surface area contributed by atoms with Crippen LogP contribution in [0.5, 0.6) is 5.75 Å². The molecule has 0 fully saturated rings. The van der Waals surface area contributed by atoms with Crippen LogP contribution in [0.25, 0.3) is 0 Å². The normalized spacial score (nSPS) is 11.9. The maximum absolute atomic E-state index is 12.3. The molecule has 5 nitrogen and oxygen atoms in total. The van der Waals surface area contributed by atoms with Gasteiger partial charge < -0.3 is 20.9 Å². The molecule has 5 heteroatoms. The third kappa shape index (κ3) is 4.42. The van der Waals surface area contributed by atoms with E-state index < -0.39 is 0 Å². The second-order valence-electron chi connectivity index (χ2n) is 4.65. The number of anilines is 1. The lowest BCUT2D eigenvalue weighted by molar-refractivity contribution is 0.0940. The molecule has 0 bridgehead atoms. The van der Waals surface area contributed by atoms with Gasteiger partial charge in [0.15, 0.2) is 0 Å². The first-order chi connectivity index (χ1) is 9.63. The Morgan fingerprint density at radius 2 is 2.20 bits per heavy atom. The number of nitrogens with two attached hydrogens (primary N) is 1. The Morgan fingerprint density at radius 3 is 2.80 bits per heavy atom. The van der Waals surface area contributed by atoms with Crippen LogP contribution in [-0.2, 0) is 0 Å². The summed E-state index contributed by atoms with van der Waals surface area (Å²) in [7, 11) is 0. The summed E-state index contributed by atoms with van der Waals surface area (Å²) in [6.45, 7) is 5.03. The number of benzene rings is 1. The number of hydrogen-bond donors (Lipinski definition) is 3. The summed E-state index contributed by atoms with van der Waals surface area (Å²) in [5.74, 6) is 0.535. The SMILES string of the molecule is CCOc1cccc(N)c1C(=O)NCC(CC)CCO. The summed E-state index contributed by atoms with van der Waals surface area (Å²) < 4.78 is 5.44. The molecule has 0 aliphatic heterocycles. The average Bonchev–Trinajstić information content (AvgIpc) is 2.43. The van der Waals surface area contributed by atoms with Gasteiger partial charge in [0, 0.05) is 18.8 Å². The van der Waals surface area contributed by atoms with Gasteiger partial charge in [-0.2, -0.15) is 0 Å². The zero-order chi connectivity index (χ0) is 15.0. The first-order valence-electron chi connectivity index (χ1n) is 7.04. The molecule has 112 valence electrons. The van der Waals surface area contributed by atoms with E-state index in [9.17, 15) is 4.79 Å². The second-order valence-corrected chi connectivity index (χ2v) is 4.65. The van der Waals surface area contributed by atoms with Crippen molar-refractivity contribution in [3.05, 3.63) is 23.8 Å². The number of hydrogen-bond acceptors (Lipinski definition) is 4. The standard InChI is InChI=1S/C15H24N2O3/c1-3-11(8-9-18)10-17-15(19)14-12(16)6-5-7-13(14)20-4-2/h5-7,11,18H,3-4,8-10,16H2,1-2H3,(H,17,19). The molecule has 0 heterocycles. The van der Waals surface area contributed by atoms with Gasteiger partial charge in [0.25, 0.3) is 5.91 Å². The molecule has 0 saturated carbocycles. The molecule has 0 saturated heterocycles. The van der Waals surface area contributed by atoms with E-state index >= 15 is 0 Å². The van der Waals surface area contributed by atoms with Crippen molar-refractivity contribution in [3.8, 4) is 5.75 Å². The fourth-order valence-corrected chi connectivity index (χ4v) is 2.03. The minimum absolute atomic E-state index is 0.131. The van der Waals surface area contributed by atoms with Gasteiger partial charge in [-0.3, -0.25) is 4.79 Å². The molecule has 0 radical (unpaired) electrons. The topological polar surface area (TPSA) is 84.6 Å². The molecule has 1 aromatic carbocycles. The summed E-state index contributed by atoms with van der Waals surface area (Å²) in [4.78, 5) is 12.3. The zero-order valence-corrected chi connectivity index (χ0v) is 12.2. The number of nitrogen functional groups attached to an aromatic ring is 1. The van der Waals surface area contributed by atoms with Crippen molar-refractivity contribution in [2.24, 2.45) is 5.92 Å². The van der Waals surface area contributed by atoms with Gasteiger partial charge in [-0.25, -0.2) is 0 Å². The number of carbonyl (C=O) groups excluding carboxylic acids is 1. The molecular formula is C15H24N2O3. The van der Waals surface area contributed by atoms with E-state index in [1.165, 1.54) is 0 Å². The van der Waals surface area contributed by atoms with Crippen LogP contribution in [0.2, 0.25) is 0 Å². The van der Waals surface area contributed by atoms with Gasteiger partial charge in [0.1, 0.15) is 11.3 Å². The monoisotopic (exact) mass is 280 g/mol. The van der Waals surface area contributed by atoms with Crippen LogP contribution in [-0.4, -0.2) is 30.8 Å². The predicted octanol–water partition coefficient (Wildman–Crippen LogP) is 1.81. The fraction of sp³-hybridized carbons (Fsp3) is 0.533. The summed E-state index contributed by atoms with van der Waals surface area (Å²) in [5, 5.41) is 11.8. The van der Waals surface area contributed by atoms with Crippen LogP contribution in [0.15, 0.2) is 18.2 Å². The van der Waals surface area contributed by atoms with Crippen LogP contribution in [0.1, 0.15) is 37.0 Å². The number of aliphatic hydroxyl groups is 1. The molecule has 1 atom stereocenters. The number of amides is 1. The highest BCUT2D eigenvalue weighted by molar-refractivity contribution is 6.01. The largest absolute Gasteiger partial charge is 0.493 e. The predicted molar refractivity (Wildman–Crippen MR) is 79.8 cm³/mol. The first kappa shape index (κ1) is 16.3. The molecule has 1 amide bonds. The Labute approximate surface area is 120 Å². The maximum atomic E-state index is 12.3. The van der Waals surface area contributed by atoms with E-state index in [1.54, 1.807) is 18.2 Å². The lowest BCUT2D eigenvalue weighted by atomic mass is 10.0. The number of rotatable bonds is 8. The highest BCUT2D eigenvalue weighted by atomic mass is 16.5. The van der Waals surface area contributed by atoms with Crippen LogP contribution in [0.3, 0.4) is 0 Å². The van der Waals surface area contributed by atoms with Crippen LogP contribution >= 0.6 is 0 Å². The van der Waals surface area contributed by atoms with E-state index in [2.05, 4.69) is 5.32 Å². The molecular weight excluding hydrogens is 256 g/mol. The summed E-state index contributed by atoms with van der Waals surface area (Å²) >= 11 is 0. The van der Waals surface area contributed by atoms with Gasteiger partial charge in [-0.15, -0.1) is 0 Å². The Kier molecular flexibility index (Phi) is 6.87. The number of ether oxygens (including phenoxy) is 1. The molecule has 4 N–H and O–H groups in total. The van der Waals surface area contributed by atoms with Crippen molar-refractivity contribution >= 4 is 11.6 Å². The first-order valence-corrected chi connectivity index (χ1v) is 7.04. The van der Waals surface area contributed by atoms with Crippen LogP contribution < -0.4 is 15.8 Å². The number of carbonyl (C=O) groups is 1. The molecule has 20 heavy (non-hydrogen) atoms. The third-order valence-corrected chi connectivity index (χ3v) is 3.25. The number of aliphatic hydroxyl groups excluding tert-OH is 1. The minimum atomic E-state index is -0.233. The van der Waals surface area contributed by atoms with Crippen LogP contribution in [0.4, 0.5) is 5.69 Å². The molecule has 0 aliphatic rings. The lowest BCUT2D eigenvalue weighted by Gasteiger charge is -2.16. The van der Waals surface area contributed by atoms with Crippen molar-refractivity contribution < 1.29 is 14.6 Å². The summed E-state index contributed by atoms with van der Waals surface area (Å²) in [6, 6.07) is 5.18. The van der Waals surface area contributed by atoms with Gasteiger partial charge in [0.2, 0.25) is 0 Å². The maximum Gasteiger partial charge on any atom is 0.257 e. The van der Waals surface area contributed by atoms with Gasteiger partial charge >= 0.3 is 0 Å². The van der Waals surface area contributed by atoms with Crippen molar-refractivity contribution in [1.29, 1.82) is 0 Å². The zero-order valence-electron chi connectivity index (χ0n) is 12.2. The Balaban J connectivity index is 2.76. The minimum Gasteiger partial charge on any atom is -0.493 e. The highest BCUT2D eigenvalue weighted by Gasteiger charge is 2.17. The van der Waals surface area contributed by atoms with Crippen molar-refractivity contribution in [2.75, 3.05) is 25.5 Å². The molecule has 1 rings (SSSR count). The van der Waals surface area contributed by atoms with Crippen molar-refractivity contribution in [1.82, 2.24) is 5.32 Å². The quantitative estimate of drug-likeness (QED) is 0.634. The number of nitrogens with one attached hydrogen (secondary N) is 1. The van der Waals surface area contributed by atoms with E-state index in [0.717, 1.165) is 6.42 Å². The van der Waals surface area contributed by atoms with Crippen molar-refractivity contribution in [2.45, 2.75) is 26.7 Å². The van der Waals surface area contributed by atoms with E-state index in [0.29, 0.717) is 36.6 Å². The van der Waals surface area contributed by atoms with E-state index in [1.807, 2.05) is 13.8 Å². The molecule has 1 unspecified atom stereocenters. The smallest absolute Gasteiger partial charge is 0.257 e. The fourth-order valence-electron chi connectivity index (χ4n) is 2.03. The van der Waals surface area contributed by atoms with Gasteiger partial charge in [-0.05, 0) is 31.4 Å². The van der Waals surface area contributed by atoms with Gasteiger partial charge in [-0.1, -0.05) is 19.4 Å². The van der Waals surface area contributed by atoms with E-state index in [-0.39, 0.29) is 18.4 Å². The Hall–Kier alpha value is -1.75. The summed E-state index contributed by atoms with van der Waals surface area (Å²) in [6.07, 6.45) is 1.59. The Morgan fingerprint density at radius 1 is 1.45 bits per heavy atom. The lowest BCUT2D eigenvalue weighted by Crippen LogP contribution is -2.30. The molecule has 1 aromatic rings. The second kappa shape index (κ2) is 8.43. The van der Waals surface area contributed by atoms with E-state index in [4.69, 9.17) is 15.6 Å². The highest BCUT2D eigenvalue weighted by Crippen LogP contribution is 2.24. The molecule has 0 aliphatic carbocycles. The molecule has 0 aromatic heterocycles. The van der Waals surface area contributed by atoms with Crippen molar-refractivity contribution in [3.63, 3.8) is 0 Å². The third-order valence-electron chi connectivity index (χ3n) is 3.25. The Bertz CT molecular complexity index is 435.